The quantitative estimate of drug-likeness (QED) is 0.797. The van der Waals surface area contributed by atoms with Gasteiger partial charge in [-0.1, -0.05) is 30.3 Å². The average molecular weight is 274 g/mol. The lowest BCUT2D eigenvalue weighted by molar-refractivity contribution is -0.117. The van der Waals surface area contributed by atoms with Crippen LogP contribution in [0.15, 0.2) is 41.9 Å². The van der Waals surface area contributed by atoms with Crippen LogP contribution in [0.1, 0.15) is 18.0 Å². The van der Waals surface area contributed by atoms with Crippen molar-refractivity contribution in [2.45, 2.75) is 18.5 Å². The Kier molecular flexibility index (Phi) is 3.54. The van der Waals surface area contributed by atoms with E-state index in [0.717, 1.165) is 6.42 Å². The van der Waals surface area contributed by atoms with Crippen molar-refractivity contribution < 1.29 is 4.79 Å². The zero-order valence-corrected chi connectivity index (χ0v) is 11.0. The van der Waals surface area contributed by atoms with Gasteiger partial charge in [-0.3, -0.25) is 4.79 Å². The minimum absolute atomic E-state index is 0.0547. The monoisotopic (exact) mass is 274 g/mol. The summed E-state index contributed by atoms with van der Waals surface area (Å²) >= 11 is 1.42. The van der Waals surface area contributed by atoms with E-state index in [9.17, 15) is 4.79 Å². The molecule has 2 aromatic rings. The predicted molar refractivity (Wildman–Crippen MR) is 74.6 cm³/mol. The van der Waals surface area contributed by atoms with Crippen LogP contribution in [0, 0.1) is 0 Å². The second kappa shape index (κ2) is 5.48. The van der Waals surface area contributed by atoms with Crippen molar-refractivity contribution in [3.63, 3.8) is 0 Å². The van der Waals surface area contributed by atoms with E-state index >= 15 is 0 Å². The second-order valence-corrected chi connectivity index (χ2v) is 5.26. The van der Waals surface area contributed by atoms with Gasteiger partial charge in [0.2, 0.25) is 5.91 Å². The van der Waals surface area contributed by atoms with Gasteiger partial charge in [0.15, 0.2) is 5.13 Å². The number of hydrogen-bond donors (Lipinski definition) is 3. The molecule has 5 nitrogen and oxygen atoms in total. The summed E-state index contributed by atoms with van der Waals surface area (Å²) in [5, 5.41) is 5.27. The maximum Gasteiger partial charge on any atom is 0.244 e. The van der Waals surface area contributed by atoms with Crippen LogP contribution in [0.5, 0.6) is 0 Å². The molecule has 1 aromatic carbocycles. The molecular weight excluding hydrogens is 260 g/mol. The first-order valence-corrected chi connectivity index (χ1v) is 6.97. The Bertz CT molecular complexity index is 543. The lowest BCUT2D eigenvalue weighted by Crippen LogP contribution is -2.39. The van der Waals surface area contributed by atoms with Crippen molar-refractivity contribution in [3.05, 3.63) is 47.5 Å². The van der Waals surface area contributed by atoms with Gasteiger partial charge in [-0.05, 0) is 12.0 Å². The largest absolute Gasteiger partial charge is 0.301 e. The SMILES string of the molecule is O=C(Nc1nccs1)C1CC(c2ccccc2)NN1. The van der Waals surface area contributed by atoms with Gasteiger partial charge in [-0.15, -0.1) is 11.3 Å². The first kappa shape index (κ1) is 12.3. The number of aromatic nitrogens is 1. The Balaban J connectivity index is 1.61. The van der Waals surface area contributed by atoms with Crippen molar-refractivity contribution in [1.82, 2.24) is 15.8 Å². The molecule has 3 N–H and O–H groups in total. The van der Waals surface area contributed by atoms with Gasteiger partial charge < -0.3 is 5.32 Å². The Morgan fingerprint density at radius 2 is 2.16 bits per heavy atom. The highest BCUT2D eigenvalue weighted by molar-refractivity contribution is 7.13. The van der Waals surface area contributed by atoms with E-state index in [4.69, 9.17) is 0 Å². The van der Waals surface area contributed by atoms with E-state index in [1.54, 1.807) is 6.20 Å². The number of benzene rings is 1. The standard InChI is InChI=1S/C13H14N4OS/c18-12(15-13-14-6-7-19-13)11-8-10(16-17-11)9-4-2-1-3-5-9/h1-7,10-11,16-17H,8H2,(H,14,15,18). The molecule has 0 saturated carbocycles. The molecule has 1 aliphatic rings. The molecule has 1 amide bonds. The number of carbonyl (C=O) groups excluding carboxylic acids is 1. The minimum Gasteiger partial charge on any atom is -0.301 e. The third-order valence-corrected chi connectivity index (χ3v) is 3.77. The fourth-order valence-corrected chi connectivity index (χ4v) is 2.64. The van der Waals surface area contributed by atoms with E-state index in [0.29, 0.717) is 5.13 Å². The summed E-state index contributed by atoms with van der Waals surface area (Å²) in [6, 6.07) is 10.0. The van der Waals surface area contributed by atoms with Crippen LogP contribution in [-0.4, -0.2) is 16.9 Å². The van der Waals surface area contributed by atoms with Gasteiger partial charge in [-0.2, -0.15) is 0 Å². The molecule has 2 atom stereocenters. The highest BCUT2D eigenvalue weighted by Gasteiger charge is 2.30. The van der Waals surface area contributed by atoms with E-state index in [2.05, 4.69) is 33.3 Å². The zero-order chi connectivity index (χ0) is 13.1. The van der Waals surface area contributed by atoms with Crippen molar-refractivity contribution in [2.75, 3.05) is 5.32 Å². The number of nitrogens with one attached hydrogen (secondary N) is 3. The number of rotatable bonds is 3. The third-order valence-electron chi connectivity index (χ3n) is 3.08. The van der Waals surface area contributed by atoms with Crippen molar-refractivity contribution in [1.29, 1.82) is 0 Å². The molecule has 1 aromatic heterocycles. The van der Waals surface area contributed by atoms with Crippen LogP contribution in [-0.2, 0) is 4.79 Å². The summed E-state index contributed by atoms with van der Waals surface area (Å²) in [5.74, 6) is -0.0547. The third kappa shape index (κ3) is 2.81. The normalized spacial score (nSPS) is 22.3. The molecule has 0 spiro atoms. The Morgan fingerprint density at radius 3 is 2.89 bits per heavy atom. The molecule has 0 radical (unpaired) electrons. The van der Waals surface area contributed by atoms with Crippen molar-refractivity contribution in [3.8, 4) is 0 Å². The molecule has 0 bridgehead atoms. The lowest BCUT2D eigenvalue weighted by atomic mass is 10.0. The van der Waals surface area contributed by atoms with Gasteiger partial charge in [-0.25, -0.2) is 15.8 Å². The fourth-order valence-electron chi connectivity index (χ4n) is 2.11. The molecular formula is C13H14N4OS. The topological polar surface area (TPSA) is 66.0 Å². The van der Waals surface area contributed by atoms with Crippen LogP contribution in [0.4, 0.5) is 5.13 Å². The van der Waals surface area contributed by atoms with E-state index < -0.39 is 0 Å². The van der Waals surface area contributed by atoms with Gasteiger partial charge in [0.25, 0.3) is 0 Å². The fraction of sp³-hybridized carbons (Fsp3) is 0.231. The molecule has 0 aliphatic carbocycles. The first-order chi connectivity index (χ1) is 9.33. The summed E-state index contributed by atoms with van der Waals surface area (Å²) < 4.78 is 0. The summed E-state index contributed by atoms with van der Waals surface area (Å²) in [4.78, 5) is 16.1. The Labute approximate surface area is 115 Å². The lowest BCUT2D eigenvalue weighted by Gasteiger charge is -2.09. The first-order valence-electron chi connectivity index (χ1n) is 6.09. The number of hydrazine groups is 1. The van der Waals surface area contributed by atoms with Gasteiger partial charge in [0, 0.05) is 17.6 Å². The molecule has 1 fully saturated rings. The van der Waals surface area contributed by atoms with Crippen molar-refractivity contribution >= 4 is 22.4 Å². The molecule has 98 valence electrons. The highest BCUT2D eigenvalue weighted by Crippen LogP contribution is 2.22. The second-order valence-electron chi connectivity index (χ2n) is 4.37. The molecule has 3 rings (SSSR count). The zero-order valence-electron chi connectivity index (χ0n) is 10.2. The summed E-state index contributed by atoms with van der Waals surface area (Å²) in [6.45, 7) is 0. The molecule has 1 aliphatic heterocycles. The van der Waals surface area contributed by atoms with Gasteiger partial charge in [0.1, 0.15) is 6.04 Å². The maximum absolute atomic E-state index is 12.0. The highest BCUT2D eigenvalue weighted by atomic mass is 32.1. The Morgan fingerprint density at radius 1 is 1.32 bits per heavy atom. The minimum atomic E-state index is -0.242. The van der Waals surface area contributed by atoms with Crippen LogP contribution >= 0.6 is 11.3 Å². The van der Waals surface area contributed by atoms with Gasteiger partial charge in [0.05, 0.1) is 0 Å². The summed E-state index contributed by atoms with van der Waals surface area (Å²) in [6.07, 6.45) is 2.40. The molecule has 1 saturated heterocycles. The molecule has 2 unspecified atom stereocenters. The number of hydrogen-bond acceptors (Lipinski definition) is 5. The molecule has 6 heteroatoms. The smallest absolute Gasteiger partial charge is 0.244 e. The maximum atomic E-state index is 12.0. The number of carbonyl (C=O) groups is 1. The average Bonchev–Trinajstić information content (AvgIpc) is 3.10. The van der Waals surface area contributed by atoms with Crippen molar-refractivity contribution in [2.24, 2.45) is 0 Å². The van der Waals surface area contributed by atoms with E-state index in [-0.39, 0.29) is 18.0 Å². The van der Waals surface area contributed by atoms with E-state index in [1.807, 2.05) is 23.6 Å². The van der Waals surface area contributed by atoms with Gasteiger partial charge >= 0.3 is 0 Å². The van der Waals surface area contributed by atoms with Crippen LogP contribution in [0.2, 0.25) is 0 Å². The number of nitrogens with zero attached hydrogens (tertiary/aromatic N) is 1. The number of thiazole rings is 1. The van der Waals surface area contributed by atoms with Crippen LogP contribution in [0.25, 0.3) is 0 Å². The molecule has 19 heavy (non-hydrogen) atoms. The van der Waals surface area contributed by atoms with E-state index in [1.165, 1.54) is 16.9 Å². The van der Waals surface area contributed by atoms with Crippen LogP contribution < -0.4 is 16.2 Å². The Hall–Kier alpha value is -1.76. The van der Waals surface area contributed by atoms with Crippen LogP contribution in [0.3, 0.4) is 0 Å². The number of anilines is 1. The number of amides is 1. The summed E-state index contributed by atoms with van der Waals surface area (Å²) in [5.41, 5.74) is 7.37. The summed E-state index contributed by atoms with van der Waals surface area (Å²) in [7, 11) is 0. The molecule has 2 heterocycles. The predicted octanol–water partition coefficient (Wildman–Crippen LogP) is 1.69.